The molecule has 4 aromatic rings. The lowest BCUT2D eigenvalue weighted by Gasteiger charge is -2.06. The normalized spacial score (nSPS) is 11.5. The summed E-state index contributed by atoms with van der Waals surface area (Å²) in [6.45, 7) is 0. The van der Waals surface area contributed by atoms with Gasteiger partial charge >= 0.3 is 0 Å². The molecule has 0 aliphatic heterocycles. The summed E-state index contributed by atoms with van der Waals surface area (Å²) in [5.74, 6) is 0.147. The molecule has 0 saturated heterocycles. The van der Waals surface area contributed by atoms with E-state index < -0.39 is 10.0 Å². The maximum Gasteiger partial charge on any atom is 0.257 e. The molecule has 0 spiro atoms. The van der Waals surface area contributed by atoms with Crippen LogP contribution in [0.15, 0.2) is 65.7 Å². The fourth-order valence-corrected chi connectivity index (χ4v) is 3.48. The van der Waals surface area contributed by atoms with E-state index in [9.17, 15) is 13.2 Å². The first-order valence-electron chi connectivity index (χ1n) is 8.36. The Hall–Kier alpha value is -3.27. The Bertz CT molecular complexity index is 1330. The van der Waals surface area contributed by atoms with Crippen molar-refractivity contribution >= 4 is 44.4 Å². The van der Waals surface area contributed by atoms with Crippen molar-refractivity contribution in [2.45, 2.75) is 4.90 Å². The number of pyridine rings is 1. The molecule has 2 aromatic heterocycles. The minimum atomic E-state index is -3.76. The van der Waals surface area contributed by atoms with Crippen LogP contribution in [0, 0.1) is 0 Å². The first-order valence-corrected chi connectivity index (χ1v) is 10.3. The summed E-state index contributed by atoms with van der Waals surface area (Å²) < 4.78 is 22.7. The summed E-state index contributed by atoms with van der Waals surface area (Å²) in [7, 11) is -3.76. The monoisotopic (exact) mass is 427 g/mol. The number of rotatable bonds is 4. The largest absolute Gasteiger partial charge is 0.323 e. The van der Waals surface area contributed by atoms with Crippen LogP contribution in [0.3, 0.4) is 0 Å². The van der Waals surface area contributed by atoms with Gasteiger partial charge in [0.15, 0.2) is 5.65 Å². The number of halogens is 1. The molecular formula is C19H14ClN5O3S. The third-order valence-electron chi connectivity index (χ3n) is 4.17. The highest BCUT2D eigenvalue weighted by atomic mass is 35.5. The van der Waals surface area contributed by atoms with Gasteiger partial charge in [0.2, 0.25) is 10.0 Å². The molecule has 0 aliphatic carbocycles. The number of anilines is 1. The number of sulfonamides is 1. The first kappa shape index (κ1) is 19.1. The van der Waals surface area contributed by atoms with Gasteiger partial charge in [-0.15, -0.1) is 0 Å². The highest BCUT2D eigenvalue weighted by Gasteiger charge is 2.13. The summed E-state index contributed by atoms with van der Waals surface area (Å²) in [5, 5.41) is 8.21. The van der Waals surface area contributed by atoms with E-state index in [1.165, 1.54) is 18.3 Å². The summed E-state index contributed by atoms with van der Waals surface area (Å²) >= 11 is 6.05. The molecule has 8 nitrogen and oxygen atoms in total. The van der Waals surface area contributed by atoms with E-state index in [-0.39, 0.29) is 10.8 Å². The summed E-state index contributed by atoms with van der Waals surface area (Å²) in [4.78, 5) is 24.2. The van der Waals surface area contributed by atoms with Crippen molar-refractivity contribution in [1.82, 2.24) is 15.0 Å². The Balaban J connectivity index is 1.61. The summed E-state index contributed by atoms with van der Waals surface area (Å²) in [6.07, 6.45) is 1.50. The maximum atomic E-state index is 12.4. The molecule has 10 heteroatoms. The van der Waals surface area contributed by atoms with E-state index in [4.69, 9.17) is 16.7 Å². The predicted molar refractivity (Wildman–Crippen MR) is 110 cm³/mol. The Kier molecular flexibility index (Phi) is 4.79. The number of nitrogens with zero attached hydrogens (tertiary/aromatic N) is 2. The molecule has 0 radical (unpaired) electrons. The molecule has 146 valence electrons. The Morgan fingerprint density at radius 3 is 2.52 bits per heavy atom. The quantitative estimate of drug-likeness (QED) is 0.460. The molecule has 0 atom stereocenters. The van der Waals surface area contributed by atoms with Gasteiger partial charge in [-0.3, -0.25) is 4.79 Å². The van der Waals surface area contributed by atoms with Gasteiger partial charge in [-0.1, -0.05) is 23.7 Å². The molecule has 0 unspecified atom stereocenters. The van der Waals surface area contributed by atoms with E-state index in [1.807, 2.05) is 0 Å². The number of aromatic amines is 1. The zero-order valence-electron chi connectivity index (χ0n) is 14.8. The summed E-state index contributed by atoms with van der Waals surface area (Å²) in [5.41, 5.74) is 2.53. The number of nitrogens with two attached hydrogens (primary N) is 1. The number of amides is 1. The maximum absolute atomic E-state index is 12.4. The second-order valence-corrected chi connectivity index (χ2v) is 8.15. The lowest BCUT2D eigenvalue weighted by molar-refractivity contribution is 0.102. The van der Waals surface area contributed by atoms with E-state index in [1.54, 1.807) is 42.5 Å². The van der Waals surface area contributed by atoms with Crippen LogP contribution in [0.2, 0.25) is 5.02 Å². The van der Waals surface area contributed by atoms with Gasteiger partial charge in [-0.2, -0.15) is 0 Å². The topological polar surface area (TPSA) is 131 Å². The van der Waals surface area contributed by atoms with Gasteiger partial charge in [0.25, 0.3) is 5.91 Å². The molecule has 4 N–H and O–H groups in total. The standard InChI is InChI=1S/C19H14ClN5O3S/c20-15-4-2-1-3-14(15)19(26)23-12-9-16-18(22-10-12)25-17(24-16)11-5-7-13(8-6-11)29(21,27)28/h1-10H,(H,23,26)(H2,21,27,28)(H,22,24,25). The minimum Gasteiger partial charge on any atom is -0.323 e. The molecule has 1 amide bonds. The molecule has 0 bridgehead atoms. The number of H-pyrrole nitrogens is 1. The van der Waals surface area contributed by atoms with Crippen LogP contribution in [-0.2, 0) is 10.0 Å². The second kappa shape index (κ2) is 7.28. The van der Waals surface area contributed by atoms with Crippen LogP contribution < -0.4 is 10.5 Å². The zero-order chi connectivity index (χ0) is 20.6. The van der Waals surface area contributed by atoms with Gasteiger partial charge in [0.1, 0.15) is 11.3 Å². The number of fused-ring (bicyclic) bond motifs is 1. The van der Waals surface area contributed by atoms with Gasteiger partial charge in [0, 0.05) is 5.56 Å². The van der Waals surface area contributed by atoms with Crippen molar-refractivity contribution in [3.63, 3.8) is 0 Å². The van der Waals surface area contributed by atoms with E-state index >= 15 is 0 Å². The smallest absolute Gasteiger partial charge is 0.257 e. The van der Waals surface area contributed by atoms with Crippen molar-refractivity contribution in [2.24, 2.45) is 5.14 Å². The van der Waals surface area contributed by atoms with Crippen molar-refractivity contribution in [3.8, 4) is 11.4 Å². The van der Waals surface area contributed by atoms with Gasteiger partial charge in [-0.05, 0) is 42.5 Å². The number of benzene rings is 2. The number of hydrogen-bond donors (Lipinski definition) is 3. The van der Waals surface area contributed by atoms with Crippen LogP contribution in [0.5, 0.6) is 0 Å². The van der Waals surface area contributed by atoms with Gasteiger partial charge < -0.3 is 10.3 Å². The molecule has 29 heavy (non-hydrogen) atoms. The number of carbonyl (C=O) groups is 1. The third kappa shape index (κ3) is 3.97. The molecule has 2 aromatic carbocycles. The van der Waals surface area contributed by atoms with Crippen LogP contribution in [0.4, 0.5) is 5.69 Å². The molecule has 0 fully saturated rings. The number of imidazole rings is 1. The number of aromatic nitrogens is 3. The first-order chi connectivity index (χ1) is 13.8. The zero-order valence-corrected chi connectivity index (χ0v) is 16.3. The van der Waals surface area contributed by atoms with Gasteiger partial charge in [0.05, 0.1) is 27.4 Å². The number of carbonyl (C=O) groups excluding carboxylic acids is 1. The van der Waals surface area contributed by atoms with Crippen LogP contribution in [-0.4, -0.2) is 29.3 Å². The molecule has 0 saturated carbocycles. The number of nitrogens with one attached hydrogen (secondary N) is 2. The average Bonchev–Trinajstić information content (AvgIpc) is 3.11. The fraction of sp³-hybridized carbons (Fsp3) is 0. The SMILES string of the molecule is NS(=O)(=O)c1ccc(-c2nc3cc(NC(=O)c4ccccc4Cl)cnc3[nH]2)cc1. The highest BCUT2D eigenvalue weighted by molar-refractivity contribution is 7.89. The van der Waals surface area contributed by atoms with Crippen LogP contribution >= 0.6 is 11.6 Å². The van der Waals surface area contributed by atoms with E-state index in [0.717, 1.165) is 0 Å². The van der Waals surface area contributed by atoms with Crippen molar-refractivity contribution in [1.29, 1.82) is 0 Å². The van der Waals surface area contributed by atoms with E-state index in [2.05, 4.69) is 20.3 Å². The predicted octanol–water partition coefficient (Wildman–Crippen LogP) is 3.18. The van der Waals surface area contributed by atoms with Gasteiger partial charge in [-0.25, -0.2) is 23.5 Å². The molecule has 2 heterocycles. The lowest BCUT2D eigenvalue weighted by Crippen LogP contribution is -2.12. The molecule has 4 rings (SSSR count). The third-order valence-corrected chi connectivity index (χ3v) is 5.43. The Morgan fingerprint density at radius 1 is 1.10 bits per heavy atom. The minimum absolute atomic E-state index is 0.0139. The number of hydrogen-bond acceptors (Lipinski definition) is 5. The average molecular weight is 428 g/mol. The molecular weight excluding hydrogens is 414 g/mol. The summed E-state index contributed by atoms with van der Waals surface area (Å²) in [6, 6.07) is 14.4. The second-order valence-electron chi connectivity index (χ2n) is 6.18. The van der Waals surface area contributed by atoms with Crippen LogP contribution in [0.25, 0.3) is 22.6 Å². The molecule has 0 aliphatic rings. The Morgan fingerprint density at radius 2 is 1.83 bits per heavy atom. The fourth-order valence-electron chi connectivity index (χ4n) is 2.75. The van der Waals surface area contributed by atoms with Crippen molar-refractivity contribution < 1.29 is 13.2 Å². The highest BCUT2D eigenvalue weighted by Crippen LogP contribution is 2.23. The van der Waals surface area contributed by atoms with E-state index in [0.29, 0.717) is 38.8 Å². The number of primary sulfonamides is 1. The van der Waals surface area contributed by atoms with Crippen molar-refractivity contribution in [2.75, 3.05) is 5.32 Å². The van der Waals surface area contributed by atoms with Crippen LogP contribution in [0.1, 0.15) is 10.4 Å². The Labute approximate surface area is 170 Å². The lowest BCUT2D eigenvalue weighted by atomic mass is 10.2. The van der Waals surface area contributed by atoms with Crippen molar-refractivity contribution in [3.05, 3.63) is 71.4 Å².